The number of esters is 1. The number of carbonyl (C=O) groups excluding carboxylic acids is 2. The van der Waals surface area contributed by atoms with Crippen LogP contribution in [-0.2, 0) is 18.8 Å². The van der Waals surface area contributed by atoms with Crippen molar-refractivity contribution >= 4 is 20.6 Å². The first-order valence-electron chi connectivity index (χ1n) is 6.35. The summed E-state index contributed by atoms with van der Waals surface area (Å²) in [5.74, 6) is -0.353. The molecule has 0 aliphatic heterocycles. The van der Waals surface area contributed by atoms with Crippen LogP contribution in [0.4, 0.5) is 0 Å². The van der Waals surface area contributed by atoms with Crippen LogP contribution in [-0.4, -0.2) is 33.3 Å². The first-order chi connectivity index (χ1) is 8.10. The largest absolute Gasteiger partial charge is 0.462 e. The SMILES string of the molecule is CC(=O)O[C@@H](CC=O)CCO[Si](C)(C)C(C)(C)C. The third-order valence-corrected chi connectivity index (χ3v) is 7.94. The Balaban J connectivity index is 4.21. The maximum atomic E-state index is 10.9. The van der Waals surface area contributed by atoms with Gasteiger partial charge in [0.05, 0.1) is 0 Å². The highest BCUT2D eigenvalue weighted by Gasteiger charge is 2.37. The van der Waals surface area contributed by atoms with Gasteiger partial charge in [-0.25, -0.2) is 0 Å². The van der Waals surface area contributed by atoms with Crippen LogP contribution in [0.25, 0.3) is 0 Å². The van der Waals surface area contributed by atoms with Gasteiger partial charge in [0.15, 0.2) is 8.32 Å². The summed E-state index contributed by atoms with van der Waals surface area (Å²) in [6.07, 6.45) is 1.23. The zero-order valence-electron chi connectivity index (χ0n) is 12.4. The van der Waals surface area contributed by atoms with Gasteiger partial charge >= 0.3 is 5.97 Å². The Hall–Kier alpha value is -0.683. The minimum atomic E-state index is -1.76. The Morgan fingerprint density at radius 2 is 1.89 bits per heavy atom. The lowest BCUT2D eigenvalue weighted by Gasteiger charge is -2.36. The lowest BCUT2D eigenvalue weighted by atomic mass is 10.2. The zero-order valence-corrected chi connectivity index (χ0v) is 13.4. The molecule has 5 heteroatoms. The van der Waals surface area contributed by atoms with Crippen LogP contribution in [0.2, 0.25) is 18.1 Å². The highest BCUT2D eigenvalue weighted by molar-refractivity contribution is 6.74. The molecule has 0 aromatic heterocycles. The summed E-state index contributed by atoms with van der Waals surface area (Å²) >= 11 is 0. The predicted molar refractivity (Wildman–Crippen MR) is 74.0 cm³/mol. The molecular formula is C13H26O4Si. The normalized spacial score (nSPS) is 14.1. The van der Waals surface area contributed by atoms with Gasteiger partial charge in [0.25, 0.3) is 0 Å². The smallest absolute Gasteiger partial charge is 0.302 e. The van der Waals surface area contributed by atoms with E-state index in [-0.39, 0.29) is 23.5 Å². The Kier molecular flexibility index (Phi) is 6.77. The van der Waals surface area contributed by atoms with Gasteiger partial charge in [0.2, 0.25) is 0 Å². The van der Waals surface area contributed by atoms with Crippen molar-refractivity contribution in [1.29, 1.82) is 0 Å². The monoisotopic (exact) mass is 274 g/mol. The zero-order chi connectivity index (χ0) is 14.4. The highest BCUT2D eigenvalue weighted by atomic mass is 28.4. The molecule has 0 spiro atoms. The minimum absolute atomic E-state index is 0.161. The molecule has 0 saturated heterocycles. The number of carbonyl (C=O) groups is 2. The van der Waals surface area contributed by atoms with E-state index in [2.05, 4.69) is 33.9 Å². The van der Waals surface area contributed by atoms with E-state index in [0.717, 1.165) is 6.29 Å². The van der Waals surface area contributed by atoms with Crippen LogP contribution < -0.4 is 0 Å². The summed E-state index contributed by atoms with van der Waals surface area (Å²) in [5.41, 5.74) is 0. The molecule has 0 aromatic carbocycles. The molecule has 0 rings (SSSR count). The fourth-order valence-corrected chi connectivity index (χ4v) is 2.29. The second kappa shape index (κ2) is 7.04. The van der Waals surface area contributed by atoms with Gasteiger partial charge in [-0.05, 0) is 18.1 Å². The van der Waals surface area contributed by atoms with Crippen LogP contribution in [0.15, 0.2) is 0 Å². The molecule has 0 amide bonds. The standard InChI is InChI=1S/C13H26O4Si/c1-11(15)17-12(7-9-14)8-10-16-18(5,6)13(2,3)4/h9,12H,7-8,10H2,1-6H3/t12-/m0/s1. The van der Waals surface area contributed by atoms with E-state index in [1.807, 2.05) is 0 Å². The Morgan fingerprint density at radius 3 is 2.28 bits per heavy atom. The van der Waals surface area contributed by atoms with Crippen molar-refractivity contribution < 1.29 is 18.8 Å². The van der Waals surface area contributed by atoms with Gasteiger partial charge in [-0.1, -0.05) is 20.8 Å². The number of ether oxygens (including phenoxy) is 1. The molecule has 0 saturated carbocycles. The van der Waals surface area contributed by atoms with Crippen molar-refractivity contribution in [1.82, 2.24) is 0 Å². The molecule has 1 atom stereocenters. The molecular weight excluding hydrogens is 248 g/mol. The molecule has 0 bridgehead atoms. The van der Waals surface area contributed by atoms with Gasteiger partial charge in [-0.15, -0.1) is 0 Å². The van der Waals surface area contributed by atoms with Crippen molar-refractivity contribution in [3.05, 3.63) is 0 Å². The van der Waals surface area contributed by atoms with E-state index >= 15 is 0 Å². The molecule has 106 valence electrons. The van der Waals surface area contributed by atoms with Gasteiger partial charge < -0.3 is 14.0 Å². The summed E-state index contributed by atoms with van der Waals surface area (Å²) in [6.45, 7) is 12.8. The molecule has 18 heavy (non-hydrogen) atoms. The maximum absolute atomic E-state index is 10.9. The van der Waals surface area contributed by atoms with Crippen molar-refractivity contribution in [3.8, 4) is 0 Å². The molecule has 0 unspecified atom stereocenters. The number of hydrogen-bond acceptors (Lipinski definition) is 4. The maximum Gasteiger partial charge on any atom is 0.302 e. The average molecular weight is 274 g/mol. The molecule has 0 heterocycles. The van der Waals surface area contributed by atoms with Gasteiger partial charge in [0.1, 0.15) is 12.4 Å². The van der Waals surface area contributed by atoms with Crippen LogP contribution in [0.1, 0.15) is 40.5 Å². The second-order valence-electron chi connectivity index (χ2n) is 6.03. The van der Waals surface area contributed by atoms with Crippen LogP contribution in [0.5, 0.6) is 0 Å². The Morgan fingerprint density at radius 1 is 1.33 bits per heavy atom. The highest BCUT2D eigenvalue weighted by Crippen LogP contribution is 2.36. The molecule has 0 N–H and O–H groups in total. The van der Waals surface area contributed by atoms with E-state index in [1.165, 1.54) is 6.92 Å². The molecule has 0 fully saturated rings. The van der Waals surface area contributed by atoms with Crippen LogP contribution >= 0.6 is 0 Å². The fourth-order valence-electron chi connectivity index (χ4n) is 1.23. The first kappa shape index (κ1) is 17.3. The lowest BCUT2D eigenvalue weighted by Crippen LogP contribution is -2.41. The number of hydrogen-bond donors (Lipinski definition) is 0. The van der Waals surface area contributed by atoms with Gasteiger partial charge in [-0.3, -0.25) is 4.79 Å². The van der Waals surface area contributed by atoms with Gasteiger partial charge in [0, 0.05) is 26.4 Å². The Bertz CT molecular complexity index is 281. The molecule has 0 aliphatic carbocycles. The van der Waals surface area contributed by atoms with Crippen LogP contribution in [0, 0.1) is 0 Å². The minimum Gasteiger partial charge on any atom is -0.462 e. The average Bonchev–Trinajstić information content (AvgIpc) is 2.14. The summed E-state index contributed by atoms with van der Waals surface area (Å²) in [7, 11) is -1.76. The predicted octanol–water partition coefficient (Wildman–Crippen LogP) is 2.92. The summed E-state index contributed by atoms with van der Waals surface area (Å²) in [6, 6.07) is 0. The molecule has 4 nitrogen and oxygen atoms in total. The fraction of sp³-hybridized carbons (Fsp3) is 0.846. The van der Waals surface area contributed by atoms with E-state index in [1.54, 1.807) is 0 Å². The van der Waals surface area contributed by atoms with Crippen molar-refractivity contribution in [2.24, 2.45) is 0 Å². The molecule has 0 aliphatic rings. The van der Waals surface area contributed by atoms with E-state index in [9.17, 15) is 9.59 Å². The van der Waals surface area contributed by atoms with E-state index in [4.69, 9.17) is 9.16 Å². The molecule has 0 aromatic rings. The van der Waals surface area contributed by atoms with E-state index < -0.39 is 8.32 Å². The summed E-state index contributed by atoms with van der Waals surface area (Å²) in [5, 5.41) is 0.161. The number of rotatable bonds is 7. The van der Waals surface area contributed by atoms with Crippen molar-refractivity contribution in [2.45, 2.75) is 64.8 Å². The third kappa shape index (κ3) is 6.30. The van der Waals surface area contributed by atoms with E-state index in [0.29, 0.717) is 13.0 Å². The molecule has 0 radical (unpaired) electrons. The van der Waals surface area contributed by atoms with Crippen molar-refractivity contribution in [3.63, 3.8) is 0 Å². The number of aldehydes is 1. The lowest BCUT2D eigenvalue weighted by molar-refractivity contribution is -0.147. The first-order valence-corrected chi connectivity index (χ1v) is 9.26. The summed E-state index contributed by atoms with van der Waals surface area (Å²) < 4.78 is 11.0. The quantitative estimate of drug-likeness (QED) is 0.407. The van der Waals surface area contributed by atoms with Crippen LogP contribution in [0.3, 0.4) is 0 Å². The Labute approximate surface area is 111 Å². The topological polar surface area (TPSA) is 52.6 Å². The van der Waals surface area contributed by atoms with Crippen molar-refractivity contribution in [2.75, 3.05) is 6.61 Å². The summed E-state index contributed by atoms with van der Waals surface area (Å²) in [4.78, 5) is 21.4. The second-order valence-corrected chi connectivity index (χ2v) is 10.8. The van der Waals surface area contributed by atoms with Gasteiger partial charge in [-0.2, -0.15) is 0 Å². The third-order valence-electron chi connectivity index (χ3n) is 3.40.